The first-order valence-electron chi connectivity index (χ1n) is 8.60. The summed E-state index contributed by atoms with van der Waals surface area (Å²) in [6.45, 7) is 3.61. The number of hydrogen-bond acceptors (Lipinski definition) is 5. The summed E-state index contributed by atoms with van der Waals surface area (Å²) in [5, 5.41) is 11.8. The molecule has 2 heterocycles. The van der Waals surface area contributed by atoms with Gasteiger partial charge in [-0.15, -0.1) is 11.8 Å². The molecule has 2 fully saturated rings. The summed E-state index contributed by atoms with van der Waals surface area (Å²) in [7, 11) is 3.91. The van der Waals surface area contributed by atoms with Crippen molar-refractivity contribution in [2.45, 2.75) is 36.1 Å². The number of fused-ring (bicyclic) bond motifs is 1. The summed E-state index contributed by atoms with van der Waals surface area (Å²) >= 11 is 1.41. The second-order valence-corrected chi connectivity index (χ2v) is 9.17. The van der Waals surface area contributed by atoms with Crippen LogP contribution >= 0.6 is 11.8 Å². The fourth-order valence-electron chi connectivity index (χ4n) is 3.40. The van der Waals surface area contributed by atoms with Gasteiger partial charge in [0.25, 0.3) is 0 Å². The van der Waals surface area contributed by atoms with Gasteiger partial charge in [-0.25, -0.2) is 4.79 Å². The summed E-state index contributed by atoms with van der Waals surface area (Å²) in [5.41, 5.74) is 1.94. The number of thioether (sulfide) groups is 1. The van der Waals surface area contributed by atoms with E-state index >= 15 is 0 Å². The summed E-state index contributed by atoms with van der Waals surface area (Å²) in [4.78, 5) is 39.4. The highest BCUT2D eigenvalue weighted by molar-refractivity contribution is 8.01. The highest BCUT2D eigenvalue weighted by Gasteiger charge is 2.64. The minimum absolute atomic E-state index is 0.342. The van der Waals surface area contributed by atoms with Crippen LogP contribution in [-0.2, 0) is 14.4 Å². The van der Waals surface area contributed by atoms with Gasteiger partial charge in [0.05, 0.1) is 0 Å². The number of amides is 2. The Balaban J connectivity index is 1.62. The minimum Gasteiger partial charge on any atom is -0.480 e. The first kappa shape index (κ1) is 19.3. The summed E-state index contributed by atoms with van der Waals surface area (Å²) in [6.07, 6.45) is 3.07. The molecule has 0 bridgehead atoms. The predicted octanol–water partition coefficient (Wildman–Crippen LogP) is 1.40. The molecule has 2 saturated heterocycles. The van der Waals surface area contributed by atoms with Gasteiger partial charge in [-0.05, 0) is 37.6 Å². The molecule has 7 nitrogen and oxygen atoms in total. The molecule has 8 heteroatoms. The number of anilines is 1. The van der Waals surface area contributed by atoms with Gasteiger partial charge in [0.1, 0.15) is 17.5 Å². The predicted molar refractivity (Wildman–Crippen MR) is 105 cm³/mol. The minimum atomic E-state index is -1.02. The highest BCUT2D eigenvalue weighted by atomic mass is 32.2. The van der Waals surface area contributed by atoms with E-state index in [2.05, 4.69) is 5.32 Å². The van der Waals surface area contributed by atoms with Crippen LogP contribution in [0.3, 0.4) is 0 Å². The molecule has 0 unspecified atom stereocenters. The number of rotatable bonds is 5. The third kappa shape index (κ3) is 3.53. The molecule has 0 saturated carbocycles. The average Bonchev–Trinajstić information content (AvgIpc) is 2.86. The van der Waals surface area contributed by atoms with Gasteiger partial charge in [0.2, 0.25) is 11.8 Å². The summed E-state index contributed by atoms with van der Waals surface area (Å²) < 4.78 is -0.602. The Morgan fingerprint density at radius 1 is 1.26 bits per heavy atom. The van der Waals surface area contributed by atoms with E-state index in [0.717, 1.165) is 11.3 Å². The Morgan fingerprint density at radius 2 is 1.89 bits per heavy atom. The average molecular weight is 389 g/mol. The number of benzene rings is 1. The van der Waals surface area contributed by atoms with Crippen LogP contribution in [0.4, 0.5) is 5.69 Å². The fourth-order valence-corrected chi connectivity index (χ4v) is 5.03. The van der Waals surface area contributed by atoms with Crippen LogP contribution in [0.15, 0.2) is 30.3 Å². The van der Waals surface area contributed by atoms with Crippen molar-refractivity contribution in [1.29, 1.82) is 0 Å². The first-order valence-corrected chi connectivity index (χ1v) is 9.48. The molecular weight excluding hydrogens is 366 g/mol. The molecule has 0 spiro atoms. The van der Waals surface area contributed by atoms with Crippen LogP contribution in [0.1, 0.15) is 19.4 Å². The van der Waals surface area contributed by atoms with E-state index in [1.54, 1.807) is 19.9 Å². The standard InChI is InChI=1S/C19H23N3O4S/c1-19(2)15(18(25)26)22-16(24)14(17(22)27-19)20-13(23)10-7-11-5-8-12(9-6-11)21(3)4/h5-10,14-15,17H,1-4H3,(H,20,23)(H,25,26)/b10-7+/t14-,15-,17+/m1/s1. The molecule has 2 aliphatic rings. The van der Waals surface area contributed by atoms with E-state index in [1.165, 1.54) is 22.7 Å². The zero-order valence-electron chi connectivity index (χ0n) is 15.7. The van der Waals surface area contributed by atoms with Crippen LogP contribution in [0.2, 0.25) is 0 Å². The van der Waals surface area contributed by atoms with Gasteiger partial charge in [0.15, 0.2) is 0 Å². The molecule has 0 aliphatic carbocycles. The number of carbonyl (C=O) groups excluding carboxylic acids is 2. The lowest BCUT2D eigenvalue weighted by Crippen LogP contribution is -2.70. The van der Waals surface area contributed by atoms with Gasteiger partial charge in [-0.3, -0.25) is 9.59 Å². The molecular formula is C19H23N3O4S. The first-order chi connectivity index (χ1) is 12.6. The molecule has 2 amide bonds. The maximum absolute atomic E-state index is 12.4. The SMILES string of the molecule is CN(C)c1ccc(/C=C/C(=O)N[C@@H]2C(=O)N3[C@H]2SC(C)(C)[C@H]3C(=O)O)cc1. The molecule has 27 heavy (non-hydrogen) atoms. The Hall–Kier alpha value is -2.48. The van der Waals surface area contributed by atoms with Crippen LogP contribution in [0.5, 0.6) is 0 Å². The quantitative estimate of drug-likeness (QED) is 0.584. The fraction of sp³-hybridized carbons (Fsp3) is 0.421. The van der Waals surface area contributed by atoms with E-state index in [9.17, 15) is 19.5 Å². The largest absolute Gasteiger partial charge is 0.480 e. The molecule has 1 aromatic carbocycles. The summed E-state index contributed by atoms with van der Waals surface area (Å²) in [6, 6.07) is 6.15. The lowest BCUT2D eigenvalue weighted by Gasteiger charge is -2.43. The van der Waals surface area contributed by atoms with Crippen molar-refractivity contribution in [3.63, 3.8) is 0 Å². The Morgan fingerprint density at radius 3 is 2.44 bits per heavy atom. The van der Waals surface area contributed by atoms with E-state index in [-0.39, 0.29) is 17.2 Å². The zero-order chi connectivity index (χ0) is 19.9. The molecule has 0 radical (unpaired) electrons. The number of aliphatic carboxylic acids is 1. The van der Waals surface area contributed by atoms with Crippen molar-refractivity contribution in [2.24, 2.45) is 0 Å². The van der Waals surface area contributed by atoms with Gasteiger partial charge < -0.3 is 20.2 Å². The maximum Gasteiger partial charge on any atom is 0.327 e. The third-order valence-corrected chi connectivity index (χ3v) is 6.38. The number of carbonyl (C=O) groups is 3. The van der Waals surface area contributed by atoms with Crippen molar-refractivity contribution in [3.8, 4) is 0 Å². The molecule has 0 aromatic heterocycles. The van der Waals surface area contributed by atoms with Crippen molar-refractivity contribution >= 4 is 41.3 Å². The number of nitrogens with one attached hydrogen (secondary N) is 1. The molecule has 1 aromatic rings. The topological polar surface area (TPSA) is 90.0 Å². The van der Waals surface area contributed by atoms with E-state index in [0.29, 0.717) is 0 Å². The van der Waals surface area contributed by atoms with Crippen molar-refractivity contribution < 1.29 is 19.5 Å². The monoisotopic (exact) mass is 389 g/mol. The van der Waals surface area contributed by atoms with Crippen LogP contribution in [-0.4, -0.2) is 64.1 Å². The molecule has 3 rings (SSSR count). The number of nitrogens with zero attached hydrogens (tertiary/aromatic N) is 2. The highest BCUT2D eigenvalue weighted by Crippen LogP contribution is 2.50. The van der Waals surface area contributed by atoms with Gasteiger partial charge >= 0.3 is 5.97 Å². The van der Waals surface area contributed by atoms with Crippen LogP contribution in [0, 0.1) is 0 Å². The van der Waals surface area contributed by atoms with Crippen molar-refractivity contribution in [3.05, 3.63) is 35.9 Å². The Labute approximate surface area is 162 Å². The number of carboxylic acid groups (broad SMARTS) is 1. The zero-order valence-corrected chi connectivity index (χ0v) is 16.5. The smallest absolute Gasteiger partial charge is 0.327 e. The lowest BCUT2D eigenvalue weighted by molar-refractivity contribution is -0.160. The van der Waals surface area contributed by atoms with Gasteiger partial charge in [0, 0.05) is 30.6 Å². The van der Waals surface area contributed by atoms with Gasteiger partial charge in [-0.1, -0.05) is 12.1 Å². The van der Waals surface area contributed by atoms with E-state index in [4.69, 9.17) is 0 Å². The Kier molecular flexibility index (Phi) is 4.94. The second kappa shape index (κ2) is 6.92. The van der Waals surface area contributed by atoms with Gasteiger partial charge in [-0.2, -0.15) is 0 Å². The van der Waals surface area contributed by atoms with Crippen LogP contribution < -0.4 is 10.2 Å². The van der Waals surface area contributed by atoms with Crippen LogP contribution in [0.25, 0.3) is 6.08 Å². The number of β-lactam (4-membered cyclic amide) rings is 1. The van der Waals surface area contributed by atoms with Crippen molar-refractivity contribution in [1.82, 2.24) is 10.2 Å². The van der Waals surface area contributed by atoms with Crippen molar-refractivity contribution in [2.75, 3.05) is 19.0 Å². The normalized spacial score (nSPS) is 25.9. The lowest BCUT2D eigenvalue weighted by atomic mass is 9.96. The number of hydrogen-bond donors (Lipinski definition) is 2. The van der Waals surface area contributed by atoms with E-state index < -0.39 is 22.8 Å². The second-order valence-electron chi connectivity index (χ2n) is 7.40. The summed E-state index contributed by atoms with van der Waals surface area (Å²) in [5.74, 6) is -1.74. The van der Waals surface area contributed by atoms with E-state index in [1.807, 2.05) is 43.3 Å². The molecule has 2 aliphatic heterocycles. The molecule has 144 valence electrons. The third-order valence-electron chi connectivity index (χ3n) is 4.81. The molecule has 3 atom stereocenters. The maximum atomic E-state index is 12.4. The Bertz CT molecular complexity index is 804. The molecule has 2 N–H and O–H groups in total. The number of carboxylic acids is 1.